The lowest BCUT2D eigenvalue weighted by atomic mass is 9.87. The van der Waals surface area contributed by atoms with Crippen molar-refractivity contribution >= 4 is 11.1 Å². The fourth-order valence-electron chi connectivity index (χ4n) is 2.66. The standard InChI is InChI=1S/C15H20O2/c1-8(2)11-6-5-9(3)13-12(11)7-10(4)14(16)15(13)17/h7-8,16-17H,5-6H2,1-4H3. The minimum absolute atomic E-state index is 0.0214. The van der Waals surface area contributed by atoms with Crippen molar-refractivity contribution in [2.24, 2.45) is 5.92 Å². The first-order valence-electron chi connectivity index (χ1n) is 6.18. The summed E-state index contributed by atoms with van der Waals surface area (Å²) in [7, 11) is 0. The summed E-state index contributed by atoms with van der Waals surface area (Å²) in [6.45, 7) is 8.22. The highest BCUT2D eigenvalue weighted by molar-refractivity contribution is 5.63. The van der Waals surface area contributed by atoms with Gasteiger partial charge in [-0.3, -0.25) is 0 Å². The fraction of sp³-hybridized carbons (Fsp3) is 0.467. The van der Waals surface area contributed by atoms with Gasteiger partial charge in [-0.05, 0) is 49.5 Å². The van der Waals surface area contributed by atoms with Gasteiger partial charge in [-0.2, -0.15) is 0 Å². The molecule has 1 aliphatic carbocycles. The highest BCUT2D eigenvalue weighted by Gasteiger charge is 2.16. The lowest BCUT2D eigenvalue weighted by Gasteiger charge is -2.19. The van der Waals surface area contributed by atoms with Crippen LogP contribution in [0, 0.1) is 12.8 Å². The van der Waals surface area contributed by atoms with E-state index >= 15 is 0 Å². The Bertz CT molecular complexity index is 580. The third-order valence-electron chi connectivity index (χ3n) is 3.70. The Hall–Kier alpha value is -1.44. The molecule has 0 fully saturated rings. The van der Waals surface area contributed by atoms with Crippen molar-refractivity contribution in [2.75, 3.05) is 0 Å². The van der Waals surface area contributed by atoms with Gasteiger partial charge in [-0.1, -0.05) is 25.0 Å². The Kier molecular flexibility index (Phi) is 2.90. The van der Waals surface area contributed by atoms with E-state index in [-0.39, 0.29) is 11.5 Å². The second kappa shape index (κ2) is 4.10. The van der Waals surface area contributed by atoms with E-state index < -0.39 is 0 Å². The first-order chi connectivity index (χ1) is 7.93. The molecule has 0 heterocycles. The highest BCUT2D eigenvalue weighted by Crippen LogP contribution is 2.27. The number of hydrogen-bond acceptors (Lipinski definition) is 2. The van der Waals surface area contributed by atoms with Crippen molar-refractivity contribution < 1.29 is 10.2 Å². The molecule has 92 valence electrons. The number of fused-ring (bicyclic) bond motifs is 1. The first kappa shape index (κ1) is 12.0. The van der Waals surface area contributed by atoms with Crippen molar-refractivity contribution in [3.05, 3.63) is 22.1 Å². The van der Waals surface area contributed by atoms with Crippen LogP contribution in [0.5, 0.6) is 11.5 Å². The molecule has 2 N–H and O–H groups in total. The maximum Gasteiger partial charge on any atom is 0.165 e. The van der Waals surface area contributed by atoms with E-state index in [4.69, 9.17) is 0 Å². The number of aromatic hydroxyl groups is 2. The second-order valence-corrected chi connectivity index (χ2v) is 5.27. The zero-order valence-electron chi connectivity index (χ0n) is 11.0. The molecule has 0 bridgehead atoms. The van der Waals surface area contributed by atoms with Crippen LogP contribution in [0.25, 0.3) is 11.1 Å². The molecule has 0 atom stereocenters. The Morgan fingerprint density at radius 1 is 1.06 bits per heavy atom. The lowest BCUT2D eigenvalue weighted by molar-refractivity contribution is 0.397. The zero-order chi connectivity index (χ0) is 12.7. The van der Waals surface area contributed by atoms with E-state index in [0.29, 0.717) is 5.92 Å². The predicted molar refractivity (Wildman–Crippen MR) is 70.3 cm³/mol. The van der Waals surface area contributed by atoms with E-state index in [2.05, 4.69) is 13.8 Å². The van der Waals surface area contributed by atoms with E-state index in [1.54, 1.807) is 0 Å². The predicted octanol–water partition coefficient (Wildman–Crippen LogP) is 2.18. The molecule has 1 aliphatic rings. The molecule has 1 aromatic carbocycles. The van der Waals surface area contributed by atoms with Crippen molar-refractivity contribution in [3.8, 4) is 11.5 Å². The zero-order valence-corrected chi connectivity index (χ0v) is 11.0. The molecular weight excluding hydrogens is 212 g/mol. The highest BCUT2D eigenvalue weighted by atomic mass is 16.3. The van der Waals surface area contributed by atoms with Crippen LogP contribution in [0.1, 0.15) is 39.2 Å². The van der Waals surface area contributed by atoms with Crippen LogP contribution < -0.4 is 10.4 Å². The van der Waals surface area contributed by atoms with E-state index in [9.17, 15) is 10.2 Å². The molecule has 0 aliphatic heterocycles. The Morgan fingerprint density at radius 3 is 2.29 bits per heavy atom. The van der Waals surface area contributed by atoms with Gasteiger partial charge in [0.1, 0.15) is 0 Å². The summed E-state index contributed by atoms with van der Waals surface area (Å²) in [5.41, 5.74) is 3.29. The lowest BCUT2D eigenvalue weighted by Crippen LogP contribution is -2.33. The Balaban J connectivity index is 3.01. The molecule has 0 saturated carbocycles. The monoisotopic (exact) mass is 232 g/mol. The number of rotatable bonds is 1. The average Bonchev–Trinajstić information content (AvgIpc) is 2.25. The topological polar surface area (TPSA) is 40.5 Å². The van der Waals surface area contributed by atoms with Gasteiger partial charge < -0.3 is 10.2 Å². The van der Waals surface area contributed by atoms with E-state index in [0.717, 1.165) is 34.4 Å². The minimum Gasteiger partial charge on any atom is -0.504 e. The van der Waals surface area contributed by atoms with Crippen LogP contribution in [0.3, 0.4) is 0 Å². The Labute approximate surface area is 102 Å². The molecule has 2 nitrogen and oxygen atoms in total. The number of phenolic OH excluding ortho intramolecular Hbond substituents is 2. The normalized spacial score (nSPS) is 15.4. The first-order valence-corrected chi connectivity index (χ1v) is 6.18. The Morgan fingerprint density at radius 2 is 1.71 bits per heavy atom. The number of benzene rings is 1. The summed E-state index contributed by atoms with van der Waals surface area (Å²) >= 11 is 0. The molecular formula is C15H20O2. The molecule has 0 aromatic heterocycles. The van der Waals surface area contributed by atoms with Crippen LogP contribution in [0.4, 0.5) is 0 Å². The van der Waals surface area contributed by atoms with Gasteiger partial charge in [0.05, 0.1) is 0 Å². The van der Waals surface area contributed by atoms with Crippen molar-refractivity contribution in [1.82, 2.24) is 0 Å². The summed E-state index contributed by atoms with van der Waals surface area (Å²) in [5.74, 6) is 0.550. The van der Waals surface area contributed by atoms with Crippen LogP contribution in [0.15, 0.2) is 6.07 Å². The average molecular weight is 232 g/mol. The molecule has 0 unspecified atom stereocenters. The molecule has 0 saturated heterocycles. The van der Waals surface area contributed by atoms with Gasteiger partial charge in [0.2, 0.25) is 0 Å². The van der Waals surface area contributed by atoms with Crippen LogP contribution in [0.2, 0.25) is 0 Å². The largest absolute Gasteiger partial charge is 0.504 e. The van der Waals surface area contributed by atoms with Gasteiger partial charge in [0, 0.05) is 5.22 Å². The van der Waals surface area contributed by atoms with Crippen molar-refractivity contribution in [1.29, 1.82) is 0 Å². The molecule has 0 amide bonds. The molecule has 2 rings (SSSR count). The fourth-order valence-corrected chi connectivity index (χ4v) is 2.66. The maximum atomic E-state index is 10.1. The van der Waals surface area contributed by atoms with Gasteiger partial charge >= 0.3 is 0 Å². The SMILES string of the molecule is CC1=c2c(O)c(O)c(C)cc2=C(C(C)C)CC1. The van der Waals surface area contributed by atoms with E-state index in [1.807, 2.05) is 19.9 Å². The summed E-state index contributed by atoms with van der Waals surface area (Å²) in [6, 6.07) is 2.00. The quantitative estimate of drug-likeness (QED) is 0.729. The summed E-state index contributed by atoms with van der Waals surface area (Å²) < 4.78 is 0. The third kappa shape index (κ3) is 1.82. The van der Waals surface area contributed by atoms with Gasteiger partial charge in [-0.15, -0.1) is 0 Å². The minimum atomic E-state index is 0.0214. The molecule has 1 aromatic rings. The summed E-state index contributed by atoms with van der Waals surface area (Å²) in [6.07, 6.45) is 2.02. The van der Waals surface area contributed by atoms with E-state index in [1.165, 1.54) is 5.57 Å². The number of aryl methyl sites for hydroxylation is 1. The van der Waals surface area contributed by atoms with Crippen molar-refractivity contribution in [3.63, 3.8) is 0 Å². The number of phenols is 2. The number of hydrogen-bond donors (Lipinski definition) is 2. The summed E-state index contributed by atoms with van der Waals surface area (Å²) in [5, 5.41) is 21.9. The molecule has 0 radical (unpaired) electrons. The van der Waals surface area contributed by atoms with Gasteiger partial charge in [0.25, 0.3) is 0 Å². The maximum absolute atomic E-state index is 10.1. The van der Waals surface area contributed by atoms with Crippen LogP contribution >= 0.6 is 0 Å². The van der Waals surface area contributed by atoms with Crippen LogP contribution in [-0.4, -0.2) is 10.2 Å². The molecule has 0 spiro atoms. The van der Waals surface area contributed by atoms with Gasteiger partial charge in [-0.25, -0.2) is 0 Å². The van der Waals surface area contributed by atoms with Crippen molar-refractivity contribution in [2.45, 2.75) is 40.5 Å². The smallest absolute Gasteiger partial charge is 0.165 e. The van der Waals surface area contributed by atoms with Gasteiger partial charge in [0.15, 0.2) is 11.5 Å². The molecule has 17 heavy (non-hydrogen) atoms. The second-order valence-electron chi connectivity index (χ2n) is 5.27. The third-order valence-corrected chi connectivity index (χ3v) is 3.70. The molecule has 2 heteroatoms. The summed E-state index contributed by atoms with van der Waals surface area (Å²) in [4.78, 5) is 0. The van der Waals surface area contributed by atoms with Crippen LogP contribution in [-0.2, 0) is 0 Å².